The maximum absolute atomic E-state index is 13.9. The fraction of sp³-hybridized carbons (Fsp3) is 0.161. The van der Waals surface area contributed by atoms with Crippen molar-refractivity contribution in [1.82, 2.24) is 30.1 Å². The Morgan fingerprint density at radius 3 is 2.77 bits per heavy atom. The van der Waals surface area contributed by atoms with E-state index in [0.717, 1.165) is 50.6 Å². The highest BCUT2D eigenvalue weighted by molar-refractivity contribution is 5.92. The summed E-state index contributed by atoms with van der Waals surface area (Å²) < 4.78 is 13.9. The molecule has 7 nitrogen and oxygen atoms in total. The van der Waals surface area contributed by atoms with E-state index in [9.17, 15) is 4.39 Å². The molecule has 0 aliphatic rings. The fourth-order valence-corrected chi connectivity index (χ4v) is 4.52. The number of nitrogens with one attached hydrogen (secondary N) is 3. The van der Waals surface area contributed by atoms with Gasteiger partial charge in [-0.25, -0.2) is 14.4 Å². The molecule has 0 aliphatic heterocycles. The van der Waals surface area contributed by atoms with Crippen LogP contribution in [0, 0.1) is 11.7 Å². The van der Waals surface area contributed by atoms with E-state index >= 15 is 0 Å². The molecule has 0 fully saturated rings. The van der Waals surface area contributed by atoms with Gasteiger partial charge in [0.05, 0.1) is 22.8 Å². The molecule has 0 atom stereocenters. The van der Waals surface area contributed by atoms with Gasteiger partial charge in [-0.1, -0.05) is 45.2 Å². The molecule has 4 heterocycles. The lowest BCUT2D eigenvalue weighted by atomic mass is 10.1. The van der Waals surface area contributed by atoms with E-state index in [2.05, 4.69) is 57.5 Å². The Kier molecular flexibility index (Phi) is 7.19. The number of pyridine rings is 2. The number of fused-ring (bicyclic) bond motifs is 1. The van der Waals surface area contributed by atoms with Crippen LogP contribution >= 0.6 is 0 Å². The number of aromatic nitrogens is 6. The van der Waals surface area contributed by atoms with Crippen molar-refractivity contribution in [2.24, 2.45) is 5.92 Å². The average molecular weight is 520 g/mol. The Morgan fingerprint density at radius 1 is 1.15 bits per heavy atom. The second-order valence-corrected chi connectivity index (χ2v) is 9.80. The average Bonchev–Trinajstić information content (AvgIpc) is 3.51. The number of hydrogen-bond donors (Lipinski definition) is 3. The molecule has 3 N–H and O–H groups in total. The summed E-state index contributed by atoms with van der Waals surface area (Å²) in [6.07, 6.45) is 10.0. The second-order valence-electron chi connectivity index (χ2n) is 9.80. The van der Waals surface area contributed by atoms with E-state index in [1.54, 1.807) is 24.7 Å². The summed E-state index contributed by atoms with van der Waals surface area (Å²) in [5.74, 6) is 0.746. The van der Waals surface area contributed by atoms with Crippen molar-refractivity contribution < 1.29 is 4.39 Å². The van der Waals surface area contributed by atoms with Crippen molar-refractivity contribution >= 4 is 34.6 Å². The van der Waals surface area contributed by atoms with Crippen LogP contribution in [0.15, 0.2) is 73.8 Å². The highest BCUT2D eigenvalue weighted by atomic mass is 19.1. The van der Waals surface area contributed by atoms with Crippen molar-refractivity contribution in [3.05, 3.63) is 95.8 Å². The molecule has 0 unspecified atom stereocenters. The van der Waals surface area contributed by atoms with Crippen molar-refractivity contribution in [2.75, 3.05) is 5.32 Å². The first kappa shape index (κ1) is 25.8. The van der Waals surface area contributed by atoms with Crippen molar-refractivity contribution in [2.45, 2.75) is 27.2 Å². The van der Waals surface area contributed by atoms with Gasteiger partial charge in [-0.15, -0.1) is 0 Å². The van der Waals surface area contributed by atoms with Crippen LogP contribution in [0.4, 0.5) is 10.1 Å². The maximum Gasteiger partial charge on any atom is 0.178 e. The minimum atomic E-state index is -0.305. The van der Waals surface area contributed by atoms with Gasteiger partial charge in [0.15, 0.2) is 11.5 Å². The molecule has 8 heteroatoms. The topological polar surface area (TPSA) is 95.2 Å². The molecule has 196 valence electrons. The molecule has 0 aliphatic carbocycles. The quantitative estimate of drug-likeness (QED) is 0.240. The zero-order chi connectivity index (χ0) is 27.5. The van der Waals surface area contributed by atoms with Gasteiger partial charge in [-0.2, -0.15) is 5.10 Å². The monoisotopic (exact) mass is 519 g/mol. The number of benzene rings is 1. The SMILES string of the molecule is C=C(CC(C)C)Nc1cncc(C(=C)/C=c2/c(-c3nc4nccc(-c5cccc(F)c5)c4[nH]3)n[nH]/c2=C/C)c1. The summed E-state index contributed by atoms with van der Waals surface area (Å²) >= 11 is 0. The Balaban J connectivity index is 1.54. The lowest BCUT2D eigenvalue weighted by Gasteiger charge is -2.12. The smallest absolute Gasteiger partial charge is 0.178 e. The molecule has 0 spiro atoms. The van der Waals surface area contributed by atoms with Crippen LogP contribution < -0.4 is 15.9 Å². The number of nitrogens with zero attached hydrogens (tertiary/aromatic N) is 4. The van der Waals surface area contributed by atoms with Gasteiger partial charge in [-0.05, 0) is 60.7 Å². The third-order valence-electron chi connectivity index (χ3n) is 6.28. The summed E-state index contributed by atoms with van der Waals surface area (Å²) in [6, 6.07) is 10.3. The molecule has 4 aromatic heterocycles. The Bertz CT molecular complexity index is 1810. The third-order valence-corrected chi connectivity index (χ3v) is 6.28. The summed E-state index contributed by atoms with van der Waals surface area (Å²) in [6.45, 7) is 14.7. The molecule has 5 aromatic rings. The Hall–Kier alpha value is -4.85. The molecule has 0 saturated heterocycles. The van der Waals surface area contributed by atoms with Crippen LogP contribution in [0.1, 0.15) is 32.8 Å². The molecule has 5 rings (SSSR count). The Morgan fingerprint density at radius 2 is 2.00 bits per heavy atom. The van der Waals surface area contributed by atoms with Crippen LogP contribution in [0.2, 0.25) is 0 Å². The van der Waals surface area contributed by atoms with Gasteiger partial charge in [0.2, 0.25) is 0 Å². The summed E-state index contributed by atoms with van der Waals surface area (Å²) in [5, 5.41) is 12.6. The minimum Gasteiger partial charge on any atom is -0.358 e. The molecule has 0 amide bonds. The first-order valence-electron chi connectivity index (χ1n) is 12.7. The first-order valence-corrected chi connectivity index (χ1v) is 12.7. The number of H-pyrrole nitrogens is 2. The van der Waals surface area contributed by atoms with Crippen LogP contribution in [-0.4, -0.2) is 30.1 Å². The zero-order valence-electron chi connectivity index (χ0n) is 22.2. The Labute approximate surface area is 226 Å². The first-order chi connectivity index (χ1) is 18.8. The number of allylic oxidation sites excluding steroid dienone is 2. The van der Waals surface area contributed by atoms with Crippen LogP contribution in [-0.2, 0) is 0 Å². The second kappa shape index (κ2) is 10.9. The lowest BCUT2D eigenvalue weighted by Crippen LogP contribution is -2.23. The van der Waals surface area contributed by atoms with Gasteiger partial charge >= 0.3 is 0 Å². The van der Waals surface area contributed by atoms with E-state index < -0.39 is 0 Å². The number of imidazole rings is 1. The molecule has 39 heavy (non-hydrogen) atoms. The van der Waals surface area contributed by atoms with E-state index in [-0.39, 0.29) is 5.82 Å². The number of aromatic amines is 2. The van der Waals surface area contributed by atoms with Gasteiger partial charge < -0.3 is 10.3 Å². The molecular weight excluding hydrogens is 489 g/mol. The maximum atomic E-state index is 13.9. The standard InChI is InChI=1S/C31H30FN7/c1-6-27-26(13-19(4)22-15-24(17-33-16-22)35-20(5)12-18(2)3)29(39-38-27)31-36-28-25(10-11-34-30(28)37-31)21-8-7-9-23(32)14-21/h6-11,13-18,35,38H,4-5,12H2,1-3H3,(H,34,36,37)/b26-13+,27-6+. The third kappa shape index (κ3) is 5.55. The normalized spacial score (nSPS) is 12.4. The van der Waals surface area contributed by atoms with Gasteiger partial charge in [-0.3, -0.25) is 10.1 Å². The van der Waals surface area contributed by atoms with Gasteiger partial charge in [0.1, 0.15) is 11.5 Å². The van der Waals surface area contributed by atoms with Crippen molar-refractivity contribution in [3.63, 3.8) is 0 Å². The number of anilines is 1. The lowest BCUT2D eigenvalue weighted by molar-refractivity contribution is 0.628. The molecule has 1 aromatic carbocycles. The molecule has 0 bridgehead atoms. The van der Waals surface area contributed by atoms with E-state index in [0.29, 0.717) is 28.6 Å². The highest BCUT2D eigenvalue weighted by Gasteiger charge is 2.15. The minimum absolute atomic E-state index is 0.305. The van der Waals surface area contributed by atoms with Crippen molar-refractivity contribution in [1.29, 1.82) is 0 Å². The van der Waals surface area contributed by atoms with E-state index in [1.807, 2.05) is 37.3 Å². The van der Waals surface area contributed by atoms with E-state index in [4.69, 9.17) is 4.98 Å². The summed E-state index contributed by atoms with van der Waals surface area (Å²) in [4.78, 5) is 16.9. The number of halogens is 1. The fourth-order valence-electron chi connectivity index (χ4n) is 4.52. The van der Waals surface area contributed by atoms with Crippen LogP contribution in [0.3, 0.4) is 0 Å². The van der Waals surface area contributed by atoms with Crippen LogP contribution in [0.25, 0.3) is 51.5 Å². The predicted octanol–water partition coefficient (Wildman–Crippen LogP) is 5.82. The van der Waals surface area contributed by atoms with Crippen LogP contribution in [0.5, 0.6) is 0 Å². The summed E-state index contributed by atoms with van der Waals surface area (Å²) in [7, 11) is 0. The van der Waals surface area contributed by atoms with Crippen molar-refractivity contribution in [3.8, 4) is 22.6 Å². The van der Waals surface area contributed by atoms with Gasteiger partial charge in [0.25, 0.3) is 0 Å². The summed E-state index contributed by atoms with van der Waals surface area (Å²) in [5.41, 5.74) is 6.82. The molecule has 0 radical (unpaired) electrons. The van der Waals surface area contributed by atoms with Gasteiger partial charge in [0, 0.05) is 34.4 Å². The predicted molar refractivity (Wildman–Crippen MR) is 156 cm³/mol. The molecule has 0 saturated carbocycles. The highest BCUT2D eigenvalue weighted by Crippen LogP contribution is 2.28. The number of hydrogen-bond acceptors (Lipinski definition) is 5. The van der Waals surface area contributed by atoms with E-state index in [1.165, 1.54) is 12.1 Å². The molecular formula is C31H30FN7. The largest absolute Gasteiger partial charge is 0.358 e. The zero-order valence-corrected chi connectivity index (χ0v) is 22.2. The number of rotatable bonds is 8.